The summed E-state index contributed by atoms with van der Waals surface area (Å²) < 4.78 is 0. The zero-order valence-electron chi connectivity index (χ0n) is 14.0. The maximum Gasteiger partial charge on any atom is 0.0729 e. The Kier molecular flexibility index (Phi) is 4.14. The van der Waals surface area contributed by atoms with Crippen LogP contribution in [0.4, 0.5) is 0 Å². The lowest BCUT2D eigenvalue weighted by atomic mass is 9.96. The molecule has 1 heteroatoms. The Bertz CT molecular complexity index is 1010. The van der Waals surface area contributed by atoms with Crippen molar-refractivity contribution in [2.24, 2.45) is 4.99 Å². The van der Waals surface area contributed by atoms with Gasteiger partial charge in [0.05, 0.1) is 5.70 Å². The highest BCUT2D eigenvalue weighted by atomic mass is 14.7. The van der Waals surface area contributed by atoms with Gasteiger partial charge in [-0.25, -0.2) is 0 Å². The van der Waals surface area contributed by atoms with Crippen LogP contribution in [0.15, 0.2) is 102 Å². The van der Waals surface area contributed by atoms with Gasteiger partial charge in [-0.2, -0.15) is 0 Å². The highest BCUT2D eigenvalue weighted by Crippen LogP contribution is 2.31. The Morgan fingerprint density at radius 2 is 1.64 bits per heavy atom. The van der Waals surface area contributed by atoms with Crippen molar-refractivity contribution < 1.29 is 0 Å². The molecular formula is C24H19N. The van der Waals surface area contributed by atoms with E-state index in [0.717, 1.165) is 17.7 Å². The molecule has 120 valence electrons. The van der Waals surface area contributed by atoms with Crippen LogP contribution in [0.2, 0.25) is 0 Å². The molecule has 0 saturated heterocycles. The zero-order valence-corrected chi connectivity index (χ0v) is 14.0. The van der Waals surface area contributed by atoms with Gasteiger partial charge in [-0.1, -0.05) is 91.0 Å². The minimum atomic E-state index is 0.899. The maximum absolute atomic E-state index is 4.28. The third-order valence-corrected chi connectivity index (χ3v) is 4.60. The number of fused-ring (bicyclic) bond motifs is 1. The van der Waals surface area contributed by atoms with Crippen LogP contribution < -0.4 is 0 Å². The third kappa shape index (κ3) is 2.97. The molecule has 0 amide bonds. The first-order chi connectivity index (χ1) is 12.4. The second-order valence-electron chi connectivity index (χ2n) is 6.13. The normalized spacial score (nSPS) is 15.4. The lowest BCUT2D eigenvalue weighted by Gasteiger charge is -2.11. The molecule has 0 spiro atoms. The van der Waals surface area contributed by atoms with E-state index in [-0.39, 0.29) is 0 Å². The van der Waals surface area contributed by atoms with Crippen molar-refractivity contribution in [3.05, 3.63) is 102 Å². The van der Waals surface area contributed by atoms with E-state index < -0.39 is 0 Å². The molecule has 1 aliphatic carbocycles. The lowest BCUT2D eigenvalue weighted by molar-refractivity contribution is 1.25. The van der Waals surface area contributed by atoms with Crippen LogP contribution in [0.5, 0.6) is 0 Å². The Morgan fingerprint density at radius 1 is 0.840 bits per heavy atom. The number of benzene rings is 3. The van der Waals surface area contributed by atoms with Gasteiger partial charge in [0.15, 0.2) is 0 Å². The number of aliphatic imine (C=N–C) groups is 1. The Labute approximate surface area is 148 Å². The molecule has 25 heavy (non-hydrogen) atoms. The predicted octanol–water partition coefficient (Wildman–Crippen LogP) is 6.43. The van der Waals surface area contributed by atoms with Crippen LogP contribution in [0.25, 0.3) is 27.6 Å². The van der Waals surface area contributed by atoms with Crippen LogP contribution in [-0.4, -0.2) is 6.72 Å². The molecule has 4 rings (SSSR count). The van der Waals surface area contributed by atoms with Crippen molar-refractivity contribution >= 4 is 23.2 Å². The van der Waals surface area contributed by atoms with Gasteiger partial charge in [0, 0.05) is 5.56 Å². The molecule has 0 bridgehead atoms. The molecule has 0 fully saturated rings. The fourth-order valence-corrected chi connectivity index (χ4v) is 3.35. The highest BCUT2D eigenvalue weighted by Gasteiger charge is 2.08. The smallest absolute Gasteiger partial charge is 0.0729 e. The van der Waals surface area contributed by atoms with Gasteiger partial charge < -0.3 is 0 Å². The van der Waals surface area contributed by atoms with E-state index in [4.69, 9.17) is 0 Å². The summed E-state index contributed by atoms with van der Waals surface area (Å²) in [6.45, 7) is 3.77. The van der Waals surface area contributed by atoms with E-state index in [1.165, 1.54) is 27.5 Å². The number of hydrogen-bond donors (Lipinski definition) is 0. The Balaban J connectivity index is 1.76. The van der Waals surface area contributed by atoms with Crippen LogP contribution >= 0.6 is 0 Å². The summed E-state index contributed by atoms with van der Waals surface area (Å²) in [5, 5.41) is 2.54. The van der Waals surface area contributed by atoms with Crippen molar-refractivity contribution in [1.82, 2.24) is 0 Å². The van der Waals surface area contributed by atoms with Crippen molar-refractivity contribution in [3.8, 4) is 11.1 Å². The van der Waals surface area contributed by atoms with Gasteiger partial charge in [-0.05, 0) is 40.6 Å². The minimum Gasteiger partial charge on any atom is -0.264 e. The first-order valence-corrected chi connectivity index (χ1v) is 8.48. The van der Waals surface area contributed by atoms with Crippen LogP contribution in [0.1, 0.15) is 12.0 Å². The minimum absolute atomic E-state index is 0.899. The van der Waals surface area contributed by atoms with Crippen LogP contribution in [-0.2, 0) is 0 Å². The molecule has 0 unspecified atom stereocenters. The Morgan fingerprint density at radius 3 is 2.40 bits per heavy atom. The second-order valence-corrected chi connectivity index (χ2v) is 6.13. The van der Waals surface area contributed by atoms with Gasteiger partial charge in [-0.3, -0.25) is 4.99 Å². The molecule has 0 aromatic heterocycles. The molecule has 3 aromatic carbocycles. The number of hydrogen-bond acceptors (Lipinski definition) is 1. The SMILES string of the molecule is C=N/C(=C1/C=CC=CC1)c1ccc(-c2cccc3ccccc23)cc1. The highest BCUT2D eigenvalue weighted by molar-refractivity contribution is 5.96. The van der Waals surface area contributed by atoms with Crippen molar-refractivity contribution in [2.75, 3.05) is 0 Å². The summed E-state index contributed by atoms with van der Waals surface area (Å²) in [4.78, 5) is 4.28. The molecule has 0 radical (unpaired) electrons. The number of allylic oxidation sites excluding steroid dienone is 5. The third-order valence-electron chi connectivity index (χ3n) is 4.60. The summed E-state index contributed by atoms with van der Waals surface area (Å²) in [5.74, 6) is 0. The van der Waals surface area contributed by atoms with Crippen LogP contribution in [0.3, 0.4) is 0 Å². The van der Waals surface area contributed by atoms with Crippen molar-refractivity contribution in [2.45, 2.75) is 6.42 Å². The molecular weight excluding hydrogens is 302 g/mol. The van der Waals surface area contributed by atoms with Crippen molar-refractivity contribution in [1.29, 1.82) is 0 Å². The van der Waals surface area contributed by atoms with Gasteiger partial charge in [0.1, 0.15) is 0 Å². The maximum atomic E-state index is 4.28. The molecule has 0 heterocycles. The lowest BCUT2D eigenvalue weighted by Crippen LogP contribution is -1.90. The standard InChI is InChI=1S/C24H19N/c1-25-24(20-9-3-2-4-10-20)21-16-14-19(15-17-21)23-13-7-11-18-8-5-6-12-22(18)23/h2-9,11-17H,1,10H2/b24-20-. The van der Waals surface area contributed by atoms with E-state index in [9.17, 15) is 0 Å². The second kappa shape index (κ2) is 6.74. The van der Waals surface area contributed by atoms with Crippen LogP contribution in [0, 0.1) is 0 Å². The van der Waals surface area contributed by atoms with Gasteiger partial charge >= 0.3 is 0 Å². The number of rotatable bonds is 3. The molecule has 3 aromatic rings. The van der Waals surface area contributed by atoms with E-state index in [1.54, 1.807) is 0 Å². The molecule has 0 aliphatic heterocycles. The van der Waals surface area contributed by atoms with Gasteiger partial charge in [-0.15, -0.1) is 0 Å². The topological polar surface area (TPSA) is 12.4 Å². The molecule has 0 N–H and O–H groups in total. The zero-order chi connectivity index (χ0) is 17.1. The summed E-state index contributed by atoms with van der Waals surface area (Å²) in [6, 6.07) is 23.6. The number of nitrogens with zero attached hydrogens (tertiary/aromatic N) is 1. The first-order valence-electron chi connectivity index (χ1n) is 8.48. The first kappa shape index (κ1) is 15.3. The molecule has 1 aliphatic rings. The summed E-state index contributed by atoms with van der Waals surface area (Å²) in [7, 11) is 0. The summed E-state index contributed by atoms with van der Waals surface area (Å²) >= 11 is 0. The van der Waals surface area contributed by atoms with Gasteiger partial charge in [0.25, 0.3) is 0 Å². The molecule has 1 nitrogen and oxygen atoms in total. The summed E-state index contributed by atoms with van der Waals surface area (Å²) in [6.07, 6.45) is 9.27. The van der Waals surface area contributed by atoms with E-state index in [0.29, 0.717) is 0 Å². The van der Waals surface area contributed by atoms with E-state index in [2.05, 4.69) is 103 Å². The van der Waals surface area contributed by atoms with Gasteiger partial charge in [0.2, 0.25) is 0 Å². The average Bonchev–Trinajstić information content (AvgIpc) is 2.70. The predicted molar refractivity (Wildman–Crippen MR) is 109 cm³/mol. The summed E-state index contributed by atoms with van der Waals surface area (Å²) in [5.41, 5.74) is 5.74. The Hall–Kier alpha value is -3.19. The monoisotopic (exact) mass is 321 g/mol. The quantitative estimate of drug-likeness (QED) is 0.493. The molecule has 0 saturated carbocycles. The average molecular weight is 321 g/mol. The van der Waals surface area contributed by atoms with Crippen molar-refractivity contribution in [3.63, 3.8) is 0 Å². The fraction of sp³-hybridized carbons (Fsp3) is 0.0417. The van der Waals surface area contributed by atoms with E-state index >= 15 is 0 Å². The fourth-order valence-electron chi connectivity index (χ4n) is 3.35. The van der Waals surface area contributed by atoms with E-state index in [1.807, 2.05) is 0 Å². The molecule has 0 atom stereocenters. The largest absolute Gasteiger partial charge is 0.264 e.